The molecular formula is C28H22Cl2F3NO5. The van der Waals surface area contributed by atoms with Crippen molar-refractivity contribution in [1.29, 1.82) is 0 Å². The Labute approximate surface area is 231 Å². The number of benzene rings is 3. The summed E-state index contributed by atoms with van der Waals surface area (Å²) in [6.07, 6.45) is -5.81. The van der Waals surface area contributed by atoms with Crippen molar-refractivity contribution < 1.29 is 37.3 Å². The predicted molar refractivity (Wildman–Crippen MR) is 141 cm³/mol. The van der Waals surface area contributed by atoms with Crippen LogP contribution in [0.5, 0.6) is 11.5 Å². The highest BCUT2D eigenvalue weighted by Crippen LogP contribution is 2.35. The number of hydrogen-bond acceptors (Lipinski definition) is 4. The van der Waals surface area contributed by atoms with E-state index < -0.39 is 24.2 Å². The van der Waals surface area contributed by atoms with Gasteiger partial charge in [-0.05, 0) is 67.4 Å². The quantitative estimate of drug-likeness (QED) is 0.206. The number of halogens is 5. The largest absolute Gasteiger partial charge is 0.573 e. The molecule has 1 N–H and O–H groups in total. The first-order chi connectivity index (χ1) is 18.4. The van der Waals surface area contributed by atoms with Gasteiger partial charge in [-0.25, -0.2) is 4.79 Å². The molecule has 0 spiro atoms. The molecule has 0 bridgehead atoms. The molecule has 0 aliphatic heterocycles. The fourth-order valence-corrected chi connectivity index (χ4v) is 4.56. The molecule has 0 fully saturated rings. The number of ether oxygens (including phenoxy) is 2. The first-order valence-corrected chi connectivity index (χ1v) is 12.5. The average molecular weight is 580 g/mol. The Morgan fingerprint density at radius 1 is 1.03 bits per heavy atom. The average Bonchev–Trinajstić information content (AvgIpc) is 3.13. The number of ketones is 1. The zero-order valence-corrected chi connectivity index (χ0v) is 22.2. The van der Waals surface area contributed by atoms with Crippen molar-refractivity contribution in [2.45, 2.75) is 39.3 Å². The van der Waals surface area contributed by atoms with Crippen LogP contribution in [-0.4, -0.2) is 33.9 Å². The van der Waals surface area contributed by atoms with E-state index in [4.69, 9.17) is 27.9 Å². The lowest BCUT2D eigenvalue weighted by Gasteiger charge is -2.16. The summed E-state index contributed by atoms with van der Waals surface area (Å²) < 4.78 is 50.3. The van der Waals surface area contributed by atoms with E-state index in [-0.39, 0.29) is 29.5 Å². The molecule has 11 heteroatoms. The number of hydrogen-bond donors (Lipinski definition) is 1. The van der Waals surface area contributed by atoms with Gasteiger partial charge in [0, 0.05) is 34.3 Å². The van der Waals surface area contributed by atoms with Crippen LogP contribution in [-0.2, 0) is 11.3 Å². The fourth-order valence-electron chi connectivity index (χ4n) is 4.27. The van der Waals surface area contributed by atoms with Crippen LogP contribution in [0.4, 0.5) is 13.2 Å². The van der Waals surface area contributed by atoms with Gasteiger partial charge in [0.2, 0.25) is 0 Å². The summed E-state index contributed by atoms with van der Waals surface area (Å²) in [7, 11) is 0. The van der Waals surface area contributed by atoms with Crippen LogP contribution in [0, 0.1) is 6.92 Å². The molecule has 0 saturated carbocycles. The summed E-state index contributed by atoms with van der Waals surface area (Å²) in [6, 6.07) is 14.9. The molecule has 0 aliphatic carbocycles. The maximum absolute atomic E-state index is 13.5. The number of carbonyl (C=O) groups is 2. The number of carbonyl (C=O) groups excluding carboxylic acids is 1. The van der Waals surface area contributed by atoms with Crippen LogP contribution in [0.2, 0.25) is 10.0 Å². The molecule has 39 heavy (non-hydrogen) atoms. The summed E-state index contributed by atoms with van der Waals surface area (Å²) in [5.41, 5.74) is 2.12. The van der Waals surface area contributed by atoms with E-state index in [1.54, 1.807) is 60.9 Å². The Bertz CT molecular complexity index is 1550. The van der Waals surface area contributed by atoms with Gasteiger partial charge in [0.15, 0.2) is 11.9 Å². The van der Waals surface area contributed by atoms with Gasteiger partial charge in [-0.15, -0.1) is 13.2 Å². The number of fused-ring (bicyclic) bond motifs is 1. The summed E-state index contributed by atoms with van der Waals surface area (Å²) >= 11 is 12.2. The molecule has 4 rings (SSSR count). The van der Waals surface area contributed by atoms with Gasteiger partial charge < -0.3 is 19.1 Å². The highest BCUT2D eigenvalue weighted by molar-refractivity contribution is 6.32. The van der Waals surface area contributed by atoms with Gasteiger partial charge in [-0.2, -0.15) is 0 Å². The van der Waals surface area contributed by atoms with Crippen molar-refractivity contribution in [3.8, 4) is 11.5 Å². The number of aromatic nitrogens is 1. The van der Waals surface area contributed by atoms with Crippen LogP contribution in [0.3, 0.4) is 0 Å². The Morgan fingerprint density at radius 2 is 1.72 bits per heavy atom. The Kier molecular flexibility index (Phi) is 8.13. The van der Waals surface area contributed by atoms with E-state index in [0.717, 1.165) is 6.07 Å². The molecule has 4 aromatic rings. The maximum Gasteiger partial charge on any atom is 0.573 e. The minimum atomic E-state index is -4.90. The van der Waals surface area contributed by atoms with Gasteiger partial charge in [0.25, 0.3) is 0 Å². The zero-order valence-electron chi connectivity index (χ0n) is 20.7. The van der Waals surface area contributed by atoms with E-state index in [1.807, 2.05) is 0 Å². The maximum atomic E-state index is 13.5. The molecule has 0 radical (unpaired) electrons. The van der Waals surface area contributed by atoms with Gasteiger partial charge in [0.05, 0.1) is 16.1 Å². The van der Waals surface area contributed by atoms with Crippen LogP contribution >= 0.6 is 23.2 Å². The standard InChI is InChI=1S/C28H22Cl2F3NO5/c1-3-23(27(36)37)38-24-12-16(4-11-21(24)30)14-34-15(2)25(26(35)17-5-7-18(29)8-6-17)20-10-9-19(13-22(20)34)39-28(31,32)33/h4-13,23H,3,14H2,1-2H3,(H,36,37). The number of carboxylic acids is 1. The Hall–Kier alpha value is -3.69. The molecule has 0 saturated heterocycles. The Morgan fingerprint density at radius 3 is 2.33 bits per heavy atom. The molecule has 1 heterocycles. The lowest BCUT2D eigenvalue weighted by Crippen LogP contribution is -2.26. The minimum Gasteiger partial charge on any atom is -0.479 e. The van der Waals surface area contributed by atoms with Gasteiger partial charge in [-0.3, -0.25) is 4.79 Å². The SMILES string of the molecule is CCC(Oc1cc(Cn2c(C)c(C(=O)c3ccc(Cl)cc3)c3ccc(OC(F)(F)F)cc32)ccc1Cl)C(=O)O. The van der Waals surface area contributed by atoms with Crippen molar-refractivity contribution in [3.05, 3.63) is 93.1 Å². The van der Waals surface area contributed by atoms with Crippen LogP contribution < -0.4 is 9.47 Å². The number of carboxylic acid groups (broad SMARTS) is 1. The first kappa shape index (κ1) is 28.3. The summed E-state index contributed by atoms with van der Waals surface area (Å²) in [5.74, 6) is -1.76. The third kappa shape index (κ3) is 6.32. The monoisotopic (exact) mass is 579 g/mol. The molecule has 3 aromatic carbocycles. The van der Waals surface area contributed by atoms with E-state index in [2.05, 4.69) is 4.74 Å². The van der Waals surface area contributed by atoms with Gasteiger partial charge >= 0.3 is 12.3 Å². The van der Waals surface area contributed by atoms with E-state index >= 15 is 0 Å². The van der Waals surface area contributed by atoms with Crippen molar-refractivity contribution in [3.63, 3.8) is 0 Å². The molecule has 1 unspecified atom stereocenters. The highest BCUT2D eigenvalue weighted by Gasteiger charge is 2.32. The second-order valence-electron chi connectivity index (χ2n) is 8.73. The topological polar surface area (TPSA) is 77.8 Å². The molecule has 6 nitrogen and oxygen atoms in total. The third-order valence-electron chi connectivity index (χ3n) is 6.11. The Balaban J connectivity index is 1.82. The minimum absolute atomic E-state index is 0.114. The van der Waals surface area contributed by atoms with E-state index in [9.17, 15) is 27.9 Å². The fraction of sp³-hybridized carbons (Fsp3) is 0.214. The smallest absolute Gasteiger partial charge is 0.479 e. The van der Waals surface area contributed by atoms with Crippen LogP contribution in [0.25, 0.3) is 10.9 Å². The van der Waals surface area contributed by atoms with Gasteiger partial charge in [-0.1, -0.05) is 36.2 Å². The first-order valence-electron chi connectivity index (χ1n) is 11.7. The van der Waals surface area contributed by atoms with Gasteiger partial charge in [0.1, 0.15) is 11.5 Å². The van der Waals surface area contributed by atoms with Crippen molar-refractivity contribution in [2.75, 3.05) is 0 Å². The van der Waals surface area contributed by atoms with E-state index in [1.165, 1.54) is 12.1 Å². The predicted octanol–water partition coefficient (Wildman–Crippen LogP) is 7.68. The van der Waals surface area contributed by atoms with Crippen molar-refractivity contribution in [1.82, 2.24) is 4.57 Å². The molecule has 0 amide bonds. The summed E-state index contributed by atoms with van der Waals surface area (Å²) in [4.78, 5) is 25.0. The number of nitrogens with zero attached hydrogens (tertiary/aromatic N) is 1. The van der Waals surface area contributed by atoms with Crippen molar-refractivity contribution >= 4 is 45.9 Å². The number of rotatable bonds is 9. The lowest BCUT2D eigenvalue weighted by molar-refractivity contribution is -0.274. The molecule has 1 aromatic heterocycles. The number of alkyl halides is 3. The molecular weight excluding hydrogens is 558 g/mol. The van der Waals surface area contributed by atoms with E-state index in [0.29, 0.717) is 38.3 Å². The second kappa shape index (κ2) is 11.2. The second-order valence-corrected chi connectivity index (χ2v) is 9.57. The number of aliphatic carboxylic acids is 1. The normalized spacial score (nSPS) is 12.4. The van der Waals surface area contributed by atoms with Crippen molar-refractivity contribution in [2.24, 2.45) is 0 Å². The summed E-state index contributed by atoms with van der Waals surface area (Å²) in [5, 5.41) is 10.4. The van der Waals surface area contributed by atoms with Crippen LogP contribution in [0.1, 0.15) is 40.5 Å². The van der Waals surface area contributed by atoms with Crippen LogP contribution in [0.15, 0.2) is 60.7 Å². The zero-order chi connectivity index (χ0) is 28.5. The summed E-state index contributed by atoms with van der Waals surface area (Å²) in [6.45, 7) is 3.47. The highest BCUT2D eigenvalue weighted by atomic mass is 35.5. The molecule has 204 valence electrons. The lowest BCUT2D eigenvalue weighted by atomic mass is 10.0. The molecule has 1 atom stereocenters. The third-order valence-corrected chi connectivity index (χ3v) is 6.68. The molecule has 0 aliphatic rings.